The molecule has 4 heteroatoms. The quantitative estimate of drug-likeness (QED) is 0.779. The lowest BCUT2D eigenvalue weighted by atomic mass is 10.1. The zero-order valence-electron chi connectivity index (χ0n) is 9.83. The van der Waals surface area contributed by atoms with Crippen molar-refractivity contribution < 1.29 is 14.6 Å². The van der Waals surface area contributed by atoms with E-state index in [0.29, 0.717) is 22.6 Å². The highest BCUT2D eigenvalue weighted by Gasteiger charge is 2.54. The number of Topliss-reactive ketones (excluding diaryl/α,β-unsaturated/α-hetero) is 1. The molecule has 0 radical (unpaired) electrons. The summed E-state index contributed by atoms with van der Waals surface area (Å²) in [5.41, 5.74) is 1.96. The predicted octanol–water partition coefficient (Wildman–Crippen LogP) is 2.08. The van der Waals surface area contributed by atoms with Crippen molar-refractivity contribution in [2.75, 3.05) is 0 Å². The van der Waals surface area contributed by atoms with E-state index in [1.807, 2.05) is 6.07 Å². The second kappa shape index (κ2) is 3.30. The molecule has 0 amide bonds. The number of ketones is 1. The second-order valence-electron chi connectivity index (χ2n) is 4.55. The summed E-state index contributed by atoms with van der Waals surface area (Å²) in [4.78, 5) is 16.7. The molecule has 2 aromatic carbocycles. The fourth-order valence-corrected chi connectivity index (χ4v) is 2.51. The molecule has 1 aliphatic carbocycles. The number of carbonyl (C=O) groups excluding carboxylic acids is 1. The summed E-state index contributed by atoms with van der Waals surface area (Å²) in [6, 6.07) is 14.1. The number of fused-ring (bicyclic) bond motifs is 4. The van der Waals surface area contributed by atoms with Gasteiger partial charge in [-0.25, -0.2) is 4.99 Å². The first-order valence-corrected chi connectivity index (χ1v) is 5.94. The largest absolute Gasteiger partial charge is 0.447 e. The zero-order valence-corrected chi connectivity index (χ0v) is 9.83. The Morgan fingerprint density at radius 2 is 1.68 bits per heavy atom. The highest BCUT2D eigenvalue weighted by Crippen LogP contribution is 2.41. The molecule has 19 heavy (non-hydrogen) atoms. The molecule has 0 unspecified atom stereocenters. The topological polar surface area (TPSA) is 58.9 Å². The van der Waals surface area contributed by atoms with Crippen molar-refractivity contribution in [2.24, 2.45) is 4.99 Å². The fourth-order valence-electron chi connectivity index (χ4n) is 2.51. The van der Waals surface area contributed by atoms with Gasteiger partial charge in [-0.1, -0.05) is 36.4 Å². The highest BCUT2D eigenvalue weighted by atomic mass is 16.6. The van der Waals surface area contributed by atoms with Crippen LogP contribution in [-0.2, 0) is 0 Å². The lowest BCUT2D eigenvalue weighted by Gasteiger charge is -2.27. The fraction of sp³-hybridized carbons (Fsp3) is 0.0667. The summed E-state index contributed by atoms with van der Waals surface area (Å²) < 4.78 is 5.51. The zero-order chi connectivity index (χ0) is 13.0. The van der Waals surface area contributed by atoms with Crippen molar-refractivity contribution in [1.29, 1.82) is 0 Å². The van der Waals surface area contributed by atoms with Crippen LogP contribution in [0.25, 0.3) is 0 Å². The molecule has 0 saturated carbocycles. The summed E-state index contributed by atoms with van der Waals surface area (Å²) in [6.07, 6.45) is 0. The van der Waals surface area contributed by atoms with Crippen LogP contribution in [-0.4, -0.2) is 22.4 Å². The van der Waals surface area contributed by atoms with Gasteiger partial charge in [0.1, 0.15) is 17.1 Å². The Kier molecular flexibility index (Phi) is 1.82. The number of aliphatic imine (C=N–C) groups is 1. The SMILES string of the molecule is O=C1c2ccccc2C2=Nc3ccccc3O[C@@]12O. The first kappa shape index (κ1) is 10.5. The van der Waals surface area contributed by atoms with Gasteiger partial charge in [0.2, 0.25) is 5.78 Å². The van der Waals surface area contributed by atoms with Gasteiger partial charge < -0.3 is 9.84 Å². The van der Waals surface area contributed by atoms with Crippen molar-refractivity contribution in [3.8, 4) is 5.75 Å². The van der Waals surface area contributed by atoms with E-state index in [-0.39, 0.29) is 5.71 Å². The molecule has 0 fully saturated rings. The van der Waals surface area contributed by atoms with Gasteiger partial charge in [-0.2, -0.15) is 0 Å². The van der Waals surface area contributed by atoms with E-state index in [1.54, 1.807) is 42.5 Å². The summed E-state index contributed by atoms with van der Waals surface area (Å²) in [7, 11) is 0. The third kappa shape index (κ3) is 1.21. The van der Waals surface area contributed by atoms with Gasteiger partial charge in [0.05, 0.1) is 0 Å². The molecule has 4 nitrogen and oxygen atoms in total. The van der Waals surface area contributed by atoms with E-state index < -0.39 is 11.6 Å². The average Bonchev–Trinajstić information content (AvgIpc) is 2.66. The number of benzene rings is 2. The molecule has 0 saturated heterocycles. The Hall–Kier alpha value is -2.46. The maximum atomic E-state index is 12.3. The predicted molar refractivity (Wildman–Crippen MR) is 69.0 cm³/mol. The van der Waals surface area contributed by atoms with Crippen molar-refractivity contribution in [2.45, 2.75) is 5.79 Å². The van der Waals surface area contributed by atoms with Crippen LogP contribution in [0.15, 0.2) is 53.5 Å². The van der Waals surface area contributed by atoms with Gasteiger partial charge in [0.25, 0.3) is 0 Å². The molecule has 1 heterocycles. The maximum absolute atomic E-state index is 12.3. The number of aliphatic hydroxyl groups is 1. The normalized spacial score (nSPS) is 23.0. The Bertz CT molecular complexity index is 751. The Balaban J connectivity index is 2.03. The highest BCUT2D eigenvalue weighted by molar-refractivity contribution is 6.33. The van der Waals surface area contributed by atoms with Gasteiger partial charge >= 0.3 is 5.79 Å². The molecule has 92 valence electrons. The first-order chi connectivity index (χ1) is 9.20. The maximum Gasteiger partial charge on any atom is 0.318 e. The minimum atomic E-state index is -1.99. The van der Waals surface area contributed by atoms with E-state index >= 15 is 0 Å². The Morgan fingerprint density at radius 1 is 1.00 bits per heavy atom. The lowest BCUT2D eigenvalue weighted by Crippen LogP contribution is -2.48. The Labute approximate surface area is 109 Å². The number of hydrogen-bond acceptors (Lipinski definition) is 4. The standard InChI is InChI=1S/C15H9NO3/c17-14-10-6-2-1-5-9(10)13-15(14,18)19-12-8-4-3-7-11(12)16-13/h1-8,18H/t15-/m1/s1. The molecule has 1 atom stereocenters. The monoisotopic (exact) mass is 251 g/mol. The van der Waals surface area contributed by atoms with Gasteiger partial charge in [-0.05, 0) is 12.1 Å². The molecule has 1 aliphatic heterocycles. The number of rotatable bonds is 0. The van der Waals surface area contributed by atoms with Crippen LogP contribution >= 0.6 is 0 Å². The van der Waals surface area contributed by atoms with Crippen LogP contribution in [0.3, 0.4) is 0 Å². The van der Waals surface area contributed by atoms with Gasteiger partial charge in [-0.3, -0.25) is 4.79 Å². The van der Waals surface area contributed by atoms with E-state index in [4.69, 9.17) is 4.74 Å². The molecule has 0 bridgehead atoms. The summed E-state index contributed by atoms with van der Waals surface area (Å²) in [6.45, 7) is 0. The van der Waals surface area contributed by atoms with Crippen LogP contribution in [0.2, 0.25) is 0 Å². The molecule has 2 aliphatic rings. The number of hydrogen-bond donors (Lipinski definition) is 1. The average molecular weight is 251 g/mol. The van der Waals surface area contributed by atoms with E-state index in [1.165, 1.54) is 0 Å². The molecule has 1 N–H and O–H groups in total. The minimum Gasteiger partial charge on any atom is -0.447 e. The van der Waals surface area contributed by atoms with Gasteiger partial charge in [-0.15, -0.1) is 0 Å². The smallest absolute Gasteiger partial charge is 0.318 e. The molecular formula is C15H9NO3. The second-order valence-corrected chi connectivity index (χ2v) is 4.55. The van der Waals surface area contributed by atoms with E-state index in [9.17, 15) is 9.90 Å². The molecule has 2 aromatic rings. The van der Waals surface area contributed by atoms with Gasteiger partial charge in [0, 0.05) is 11.1 Å². The van der Waals surface area contributed by atoms with Gasteiger partial charge in [0.15, 0.2) is 0 Å². The lowest BCUT2D eigenvalue weighted by molar-refractivity contribution is -0.0458. The van der Waals surface area contributed by atoms with E-state index in [2.05, 4.69) is 4.99 Å². The van der Waals surface area contributed by atoms with Crippen molar-refractivity contribution in [3.05, 3.63) is 59.7 Å². The Morgan fingerprint density at radius 3 is 2.53 bits per heavy atom. The van der Waals surface area contributed by atoms with Crippen molar-refractivity contribution in [3.63, 3.8) is 0 Å². The summed E-state index contributed by atoms with van der Waals surface area (Å²) in [5, 5.41) is 10.5. The molecule has 0 aromatic heterocycles. The van der Waals surface area contributed by atoms with Crippen molar-refractivity contribution >= 4 is 17.2 Å². The number of carbonyl (C=O) groups is 1. The molecule has 4 rings (SSSR count). The third-order valence-corrected chi connectivity index (χ3v) is 3.41. The van der Waals surface area contributed by atoms with Crippen LogP contribution in [0.1, 0.15) is 15.9 Å². The summed E-state index contributed by atoms with van der Waals surface area (Å²) >= 11 is 0. The third-order valence-electron chi connectivity index (χ3n) is 3.41. The number of ether oxygens (including phenoxy) is 1. The summed E-state index contributed by atoms with van der Waals surface area (Å²) in [5.74, 6) is -2.04. The van der Waals surface area contributed by atoms with Crippen LogP contribution in [0.5, 0.6) is 5.75 Å². The van der Waals surface area contributed by atoms with Crippen LogP contribution < -0.4 is 4.74 Å². The first-order valence-electron chi connectivity index (χ1n) is 5.94. The minimum absolute atomic E-state index is 0.270. The molecular weight excluding hydrogens is 242 g/mol. The van der Waals surface area contributed by atoms with Crippen LogP contribution in [0, 0.1) is 0 Å². The number of para-hydroxylation sites is 2. The van der Waals surface area contributed by atoms with Crippen LogP contribution in [0.4, 0.5) is 5.69 Å². The van der Waals surface area contributed by atoms with Crippen molar-refractivity contribution in [1.82, 2.24) is 0 Å². The molecule has 0 spiro atoms. The number of nitrogens with zero attached hydrogens (tertiary/aromatic N) is 1. The van der Waals surface area contributed by atoms with E-state index in [0.717, 1.165) is 0 Å².